The van der Waals surface area contributed by atoms with Crippen LogP contribution < -0.4 is 10.1 Å². The molecule has 0 aliphatic carbocycles. The van der Waals surface area contributed by atoms with Crippen LogP contribution in [0.1, 0.15) is 21.5 Å². The van der Waals surface area contributed by atoms with Gasteiger partial charge in [0.15, 0.2) is 0 Å². The molecule has 2 amide bonds. The zero-order chi connectivity index (χ0) is 20.1. The third-order valence-corrected chi connectivity index (χ3v) is 4.62. The van der Waals surface area contributed by atoms with Crippen LogP contribution in [0.2, 0.25) is 5.02 Å². The summed E-state index contributed by atoms with van der Waals surface area (Å²) in [7, 11) is 3.33. The number of hydrogen-bond donors (Lipinski definition) is 1. The SMILES string of the molecule is CNC(=O)c1ccc(CN(C)C(=O)/C=C/C2=Cc3cc(Cl)ccc3OC2)cc1. The zero-order valence-electron chi connectivity index (χ0n) is 15.7. The summed E-state index contributed by atoms with van der Waals surface area (Å²) in [6.45, 7) is 0.855. The van der Waals surface area contributed by atoms with Crippen LogP contribution in [0.4, 0.5) is 0 Å². The van der Waals surface area contributed by atoms with E-state index in [1.54, 1.807) is 43.3 Å². The maximum absolute atomic E-state index is 12.4. The van der Waals surface area contributed by atoms with Crippen LogP contribution in [-0.2, 0) is 11.3 Å². The molecule has 0 radical (unpaired) electrons. The Kier molecular flexibility index (Phi) is 6.16. The Bertz CT molecular complexity index is 949. The highest BCUT2D eigenvalue weighted by atomic mass is 35.5. The van der Waals surface area contributed by atoms with E-state index in [0.29, 0.717) is 23.7 Å². The van der Waals surface area contributed by atoms with E-state index in [1.165, 1.54) is 6.08 Å². The molecule has 0 fully saturated rings. The standard InChI is InChI=1S/C22H21ClN2O3/c1-24-22(27)17-6-3-15(4-7-17)13-25(2)21(26)10-5-16-11-18-12-19(23)8-9-20(18)28-14-16/h3-12H,13-14H2,1-2H3,(H,24,27)/b10-5+. The number of hydrogen-bond acceptors (Lipinski definition) is 3. The number of ether oxygens (including phenoxy) is 1. The molecule has 144 valence electrons. The second-order valence-corrected chi connectivity index (χ2v) is 6.93. The molecule has 5 nitrogen and oxygen atoms in total. The normalized spacial score (nSPS) is 12.8. The van der Waals surface area contributed by atoms with Crippen molar-refractivity contribution in [3.8, 4) is 5.75 Å². The van der Waals surface area contributed by atoms with Gasteiger partial charge in [0.1, 0.15) is 12.4 Å². The Hall–Kier alpha value is -3.05. The topological polar surface area (TPSA) is 58.6 Å². The molecule has 0 aromatic heterocycles. The average Bonchev–Trinajstić information content (AvgIpc) is 2.71. The van der Waals surface area contributed by atoms with E-state index < -0.39 is 0 Å². The summed E-state index contributed by atoms with van der Waals surface area (Å²) in [5.74, 6) is 0.531. The number of amides is 2. The second kappa shape index (κ2) is 8.76. The Labute approximate surface area is 169 Å². The number of nitrogens with zero attached hydrogens (tertiary/aromatic N) is 1. The fourth-order valence-electron chi connectivity index (χ4n) is 2.83. The van der Waals surface area contributed by atoms with E-state index in [0.717, 1.165) is 22.4 Å². The lowest BCUT2D eigenvalue weighted by atomic mass is 10.1. The summed E-state index contributed by atoms with van der Waals surface area (Å²) < 4.78 is 5.68. The molecule has 1 heterocycles. The summed E-state index contributed by atoms with van der Waals surface area (Å²) >= 11 is 6.02. The van der Waals surface area contributed by atoms with E-state index in [1.807, 2.05) is 30.3 Å². The molecular formula is C22H21ClN2O3. The monoisotopic (exact) mass is 396 g/mol. The molecule has 0 spiro atoms. The van der Waals surface area contributed by atoms with Gasteiger partial charge in [-0.05, 0) is 47.5 Å². The van der Waals surface area contributed by atoms with Gasteiger partial charge in [0.25, 0.3) is 5.91 Å². The first-order valence-corrected chi connectivity index (χ1v) is 9.21. The lowest BCUT2D eigenvalue weighted by Gasteiger charge is -2.17. The molecule has 0 saturated heterocycles. The quantitative estimate of drug-likeness (QED) is 0.784. The molecule has 0 unspecified atom stereocenters. The summed E-state index contributed by atoms with van der Waals surface area (Å²) in [6.07, 6.45) is 5.26. The summed E-state index contributed by atoms with van der Waals surface area (Å²) in [5, 5.41) is 3.22. The van der Waals surface area contributed by atoms with Gasteiger partial charge in [-0.2, -0.15) is 0 Å². The van der Waals surface area contributed by atoms with Crippen LogP contribution in [0.25, 0.3) is 6.08 Å². The van der Waals surface area contributed by atoms with Gasteiger partial charge in [-0.1, -0.05) is 29.8 Å². The van der Waals surface area contributed by atoms with Crippen LogP contribution in [0, 0.1) is 0 Å². The highest BCUT2D eigenvalue weighted by Crippen LogP contribution is 2.29. The van der Waals surface area contributed by atoms with Gasteiger partial charge in [0.05, 0.1) is 0 Å². The molecule has 2 aromatic carbocycles. The van der Waals surface area contributed by atoms with Crippen LogP contribution in [0.15, 0.2) is 60.2 Å². The Morgan fingerprint density at radius 1 is 1.21 bits per heavy atom. The van der Waals surface area contributed by atoms with E-state index in [9.17, 15) is 9.59 Å². The zero-order valence-corrected chi connectivity index (χ0v) is 16.5. The first-order valence-electron chi connectivity index (χ1n) is 8.83. The third kappa shape index (κ3) is 4.81. The first-order chi connectivity index (χ1) is 13.5. The van der Waals surface area contributed by atoms with E-state index in [-0.39, 0.29) is 11.8 Å². The fraction of sp³-hybridized carbons (Fsp3) is 0.182. The lowest BCUT2D eigenvalue weighted by Crippen LogP contribution is -2.24. The Balaban J connectivity index is 1.62. The van der Waals surface area contributed by atoms with Crippen molar-refractivity contribution >= 4 is 29.5 Å². The van der Waals surface area contributed by atoms with Crippen molar-refractivity contribution in [2.24, 2.45) is 0 Å². The third-order valence-electron chi connectivity index (χ3n) is 4.39. The van der Waals surface area contributed by atoms with Crippen molar-refractivity contribution in [1.29, 1.82) is 0 Å². The minimum Gasteiger partial charge on any atom is -0.488 e. The van der Waals surface area contributed by atoms with Crippen LogP contribution in [0.3, 0.4) is 0 Å². The van der Waals surface area contributed by atoms with Crippen LogP contribution >= 0.6 is 11.6 Å². The predicted molar refractivity (Wildman–Crippen MR) is 110 cm³/mol. The van der Waals surface area contributed by atoms with Gasteiger partial charge in [-0.25, -0.2) is 0 Å². The highest BCUT2D eigenvalue weighted by Gasteiger charge is 2.11. The number of halogens is 1. The van der Waals surface area contributed by atoms with Crippen LogP contribution in [-0.4, -0.2) is 37.4 Å². The van der Waals surface area contributed by atoms with E-state index >= 15 is 0 Å². The molecule has 6 heteroatoms. The van der Waals surface area contributed by atoms with Crippen LogP contribution in [0.5, 0.6) is 5.75 Å². The van der Waals surface area contributed by atoms with Gasteiger partial charge in [0, 0.05) is 42.9 Å². The molecule has 3 rings (SSSR count). The average molecular weight is 397 g/mol. The summed E-state index contributed by atoms with van der Waals surface area (Å²) in [6, 6.07) is 12.6. The summed E-state index contributed by atoms with van der Waals surface area (Å²) in [4.78, 5) is 25.6. The van der Waals surface area contributed by atoms with Gasteiger partial charge >= 0.3 is 0 Å². The van der Waals surface area contributed by atoms with Gasteiger partial charge in [0.2, 0.25) is 5.91 Å². The van der Waals surface area contributed by atoms with Crippen molar-refractivity contribution in [3.05, 3.63) is 81.9 Å². The molecule has 0 atom stereocenters. The molecule has 1 aliphatic heterocycles. The number of carbonyl (C=O) groups excluding carboxylic acids is 2. The first kappa shape index (κ1) is 19.7. The fourth-order valence-corrected chi connectivity index (χ4v) is 3.01. The smallest absolute Gasteiger partial charge is 0.251 e. The van der Waals surface area contributed by atoms with Gasteiger partial charge in [-0.15, -0.1) is 0 Å². The molecule has 28 heavy (non-hydrogen) atoms. The molecule has 0 saturated carbocycles. The number of carbonyl (C=O) groups is 2. The molecule has 0 bridgehead atoms. The molecule has 2 aromatic rings. The minimum absolute atomic E-state index is 0.117. The van der Waals surface area contributed by atoms with Crippen molar-refractivity contribution in [1.82, 2.24) is 10.2 Å². The predicted octanol–water partition coefficient (Wildman–Crippen LogP) is 3.69. The second-order valence-electron chi connectivity index (χ2n) is 6.49. The number of nitrogens with one attached hydrogen (secondary N) is 1. The highest BCUT2D eigenvalue weighted by molar-refractivity contribution is 6.30. The molecule has 1 N–H and O–H groups in total. The van der Waals surface area contributed by atoms with Crippen molar-refractivity contribution in [3.63, 3.8) is 0 Å². The minimum atomic E-state index is -0.134. The maximum Gasteiger partial charge on any atom is 0.251 e. The Morgan fingerprint density at radius 2 is 1.96 bits per heavy atom. The number of fused-ring (bicyclic) bond motifs is 1. The van der Waals surface area contributed by atoms with Gasteiger partial charge in [-0.3, -0.25) is 9.59 Å². The summed E-state index contributed by atoms with van der Waals surface area (Å²) in [5.41, 5.74) is 3.33. The van der Waals surface area contributed by atoms with E-state index in [4.69, 9.17) is 16.3 Å². The largest absolute Gasteiger partial charge is 0.488 e. The Morgan fingerprint density at radius 3 is 2.68 bits per heavy atom. The maximum atomic E-state index is 12.4. The van der Waals surface area contributed by atoms with Gasteiger partial charge < -0.3 is 15.0 Å². The lowest BCUT2D eigenvalue weighted by molar-refractivity contribution is -0.125. The number of benzene rings is 2. The van der Waals surface area contributed by atoms with Crippen molar-refractivity contribution in [2.75, 3.05) is 20.7 Å². The number of rotatable bonds is 5. The molecule has 1 aliphatic rings. The van der Waals surface area contributed by atoms with Crippen molar-refractivity contribution < 1.29 is 14.3 Å². The molecular weight excluding hydrogens is 376 g/mol. The number of likely N-dealkylation sites (N-methyl/N-ethyl adjacent to an activating group) is 1. The van der Waals surface area contributed by atoms with Crippen molar-refractivity contribution in [2.45, 2.75) is 6.54 Å². The van der Waals surface area contributed by atoms with E-state index in [2.05, 4.69) is 5.32 Å².